The third-order valence-electron chi connectivity index (χ3n) is 6.95. The number of Topliss-reactive ketones (excluding diaryl/α,β-unsaturated/α-hetero) is 1. The van der Waals surface area contributed by atoms with E-state index in [1.54, 1.807) is 56.4 Å². The Morgan fingerprint density at radius 3 is 1.98 bits per heavy atom. The summed E-state index contributed by atoms with van der Waals surface area (Å²) in [6.07, 6.45) is 5.29. The van der Waals surface area contributed by atoms with E-state index >= 15 is 0 Å². The normalized spacial score (nSPS) is 13.6. The van der Waals surface area contributed by atoms with Gasteiger partial charge in [0.25, 0.3) is 15.9 Å². The Bertz CT molecular complexity index is 1470. The summed E-state index contributed by atoms with van der Waals surface area (Å²) in [6, 6.07) is 20.2. The molecule has 2 heterocycles. The zero-order valence-electron chi connectivity index (χ0n) is 28.1. The summed E-state index contributed by atoms with van der Waals surface area (Å²) in [5, 5.41) is 2.63. The van der Waals surface area contributed by atoms with E-state index in [4.69, 9.17) is 0 Å². The molecule has 1 aromatic heterocycles. The van der Waals surface area contributed by atoms with E-state index in [2.05, 4.69) is 62.3 Å². The number of nitrogens with one attached hydrogen (secondary N) is 1. The third-order valence-corrected chi connectivity index (χ3v) is 8.77. The molecule has 8 heteroatoms. The van der Waals surface area contributed by atoms with Crippen LogP contribution in [-0.4, -0.2) is 36.4 Å². The third kappa shape index (κ3) is 10.7. The Kier molecular flexibility index (Phi) is 16.3. The van der Waals surface area contributed by atoms with Crippen LogP contribution >= 0.6 is 0 Å². The van der Waals surface area contributed by atoms with Gasteiger partial charge in [0.1, 0.15) is 17.3 Å². The maximum atomic E-state index is 12.6. The molecule has 0 fully saturated rings. The molecule has 1 unspecified atom stereocenters. The molecule has 44 heavy (non-hydrogen) atoms. The molecule has 1 aliphatic rings. The van der Waals surface area contributed by atoms with Gasteiger partial charge >= 0.3 is 0 Å². The van der Waals surface area contributed by atoms with Crippen molar-refractivity contribution in [3.63, 3.8) is 0 Å². The van der Waals surface area contributed by atoms with Gasteiger partial charge in [-0.05, 0) is 61.1 Å². The van der Waals surface area contributed by atoms with E-state index in [-0.39, 0.29) is 23.7 Å². The number of rotatable bonds is 7. The summed E-state index contributed by atoms with van der Waals surface area (Å²) in [5.74, 6) is 0.787. The Hall–Kier alpha value is -3.78. The smallest absolute Gasteiger partial charge is 0.274 e. The number of anilines is 1. The summed E-state index contributed by atoms with van der Waals surface area (Å²) < 4.78 is 26.2. The fourth-order valence-electron chi connectivity index (χ4n) is 4.21. The first-order valence-electron chi connectivity index (χ1n) is 15.5. The molecule has 7 nitrogen and oxygen atoms in total. The van der Waals surface area contributed by atoms with E-state index < -0.39 is 15.9 Å². The van der Waals surface area contributed by atoms with Crippen molar-refractivity contribution in [3.05, 3.63) is 95.3 Å². The first-order valence-corrected chi connectivity index (χ1v) is 16.9. The van der Waals surface area contributed by atoms with Crippen LogP contribution in [0, 0.1) is 5.92 Å². The molecular formula is C36H53N3O4S. The summed E-state index contributed by atoms with van der Waals surface area (Å²) in [5.41, 5.74) is 3.71. The topological polar surface area (TPSA) is 96.4 Å². The van der Waals surface area contributed by atoms with Crippen molar-refractivity contribution in [2.24, 2.45) is 5.92 Å². The predicted octanol–water partition coefficient (Wildman–Crippen LogP) is 8.74. The number of likely N-dealkylation sites (N-methyl/N-ethyl adjacent to an activating group) is 1. The number of carbonyl (C=O) groups excluding carboxylic acids is 2. The Morgan fingerprint density at radius 1 is 0.909 bits per heavy atom. The van der Waals surface area contributed by atoms with Crippen LogP contribution in [0.3, 0.4) is 0 Å². The van der Waals surface area contributed by atoms with Gasteiger partial charge in [0.2, 0.25) is 0 Å². The van der Waals surface area contributed by atoms with Crippen LogP contribution in [0.1, 0.15) is 99.2 Å². The number of unbranched alkanes of at least 4 members (excludes halogenated alkanes) is 1. The van der Waals surface area contributed by atoms with Crippen LogP contribution in [0.25, 0.3) is 5.57 Å². The molecule has 4 rings (SSSR count). The van der Waals surface area contributed by atoms with Gasteiger partial charge in [0, 0.05) is 26.2 Å². The number of allylic oxidation sites excluding steroid dienone is 1. The summed E-state index contributed by atoms with van der Waals surface area (Å²) in [4.78, 5) is 28.0. The molecule has 2 aromatic carbocycles. The highest BCUT2D eigenvalue weighted by atomic mass is 32.2. The number of sulfonamides is 1. The highest BCUT2D eigenvalue weighted by Crippen LogP contribution is 2.35. The number of hydrogen-bond acceptors (Lipinski definition) is 5. The van der Waals surface area contributed by atoms with E-state index in [1.807, 2.05) is 20.8 Å². The molecule has 0 saturated heterocycles. The zero-order valence-corrected chi connectivity index (χ0v) is 29.0. The molecule has 0 saturated carbocycles. The van der Waals surface area contributed by atoms with Crippen LogP contribution in [0.15, 0.2) is 83.5 Å². The minimum absolute atomic E-state index is 0. The van der Waals surface area contributed by atoms with Crippen LogP contribution in [0.4, 0.5) is 5.82 Å². The molecule has 1 N–H and O–H groups in total. The predicted molar refractivity (Wildman–Crippen MR) is 185 cm³/mol. The van der Waals surface area contributed by atoms with Crippen molar-refractivity contribution in [2.45, 2.75) is 92.4 Å². The number of benzene rings is 2. The van der Waals surface area contributed by atoms with E-state index in [9.17, 15) is 18.0 Å². The highest BCUT2D eigenvalue weighted by molar-refractivity contribution is 7.89. The average molecular weight is 624 g/mol. The molecule has 0 bridgehead atoms. The Morgan fingerprint density at radius 2 is 1.48 bits per heavy atom. The number of hydrogen-bond donors (Lipinski definition) is 1. The second-order valence-electron chi connectivity index (χ2n) is 10.8. The number of amides is 1. The molecule has 1 aliphatic heterocycles. The Balaban J connectivity index is 0.000000762. The van der Waals surface area contributed by atoms with E-state index in [0.29, 0.717) is 22.9 Å². The minimum atomic E-state index is -3.75. The second-order valence-corrected chi connectivity index (χ2v) is 12.7. The standard InChI is InChI=1S/C16H15N3O3S.C14H20O.C4H10.C2H6.H2/c1-11-12-7-3-4-8-13(12)23(21,22)19(2)15(11)16(20)18-14-9-5-6-10-17-14;1-10(2)9-13-5-7-14(8-6-13)11(3)12(4)15;1-3-4-2;1-2;/h3-10H,1-2H3,(H,17,18,20);5-8,10-11H,9H2,1-4H3;3-4H2,1-2H3;1-2H3;1H. The Labute approximate surface area is 267 Å². The molecule has 0 spiro atoms. The fourth-order valence-corrected chi connectivity index (χ4v) is 5.71. The van der Waals surface area contributed by atoms with Crippen molar-refractivity contribution >= 4 is 33.1 Å². The van der Waals surface area contributed by atoms with Gasteiger partial charge in [0.05, 0.1) is 4.90 Å². The monoisotopic (exact) mass is 623 g/mol. The summed E-state index contributed by atoms with van der Waals surface area (Å²) in [7, 11) is -2.37. The van der Waals surface area contributed by atoms with Gasteiger partial charge in [-0.25, -0.2) is 13.4 Å². The maximum Gasteiger partial charge on any atom is 0.274 e. The zero-order chi connectivity index (χ0) is 33.4. The molecule has 1 amide bonds. The van der Waals surface area contributed by atoms with Crippen molar-refractivity contribution < 1.29 is 19.4 Å². The molecular weight excluding hydrogens is 570 g/mol. The van der Waals surface area contributed by atoms with Gasteiger partial charge in [-0.1, -0.05) is 110 Å². The maximum absolute atomic E-state index is 12.6. The molecule has 0 aliphatic carbocycles. The number of ketones is 1. The highest BCUT2D eigenvalue weighted by Gasteiger charge is 2.35. The molecule has 0 radical (unpaired) electrons. The molecule has 3 aromatic rings. The van der Waals surface area contributed by atoms with Crippen molar-refractivity contribution in [1.82, 2.24) is 9.29 Å². The summed E-state index contributed by atoms with van der Waals surface area (Å²) >= 11 is 0. The molecule has 1 atom stereocenters. The minimum Gasteiger partial charge on any atom is -0.305 e. The molecule has 242 valence electrons. The van der Waals surface area contributed by atoms with Crippen LogP contribution < -0.4 is 5.32 Å². The number of fused-ring (bicyclic) bond motifs is 1. The van der Waals surface area contributed by atoms with Gasteiger partial charge < -0.3 is 5.32 Å². The van der Waals surface area contributed by atoms with Crippen LogP contribution in [0.5, 0.6) is 0 Å². The second kappa shape index (κ2) is 18.8. The number of pyridine rings is 1. The average Bonchev–Trinajstić information content (AvgIpc) is 3.02. The van der Waals surface area contributed by atoms with Crippen molar-refractivity contribution in [1.29, 1.82) is 0 Å². The summed E-state index contributed by atoms with van der Waals surface area (Å²) in [6.45, 7) is 18.1. The van der Waals surface area contributed by atoms with Gasteiger partial charge in [-0.3, -0.25) is 13.9 Å². The SMILES string of the molecule is CC.CC(=O)C(C)c1ccc(CC(C)C)cc1.CC1=C(C(=O)Nc2ccccn2)N(C)S(=O)(=O)c2ccccc21.CCCC.[HH]. The van der Waals surface area contributed by atoms with Crippen molar-refractivity contribution in [3.8, 4) is 0 Å². The van der Waals surface area contributed by atoms with Crippen LogP contribution in [0.2, 0.25) is 0 Å². The fraction of sp³-hybridized carbons (Fsp3) is 0.417. The first kappa shape index (κ1) is 38.2. The quantitative estimate of drug-likeness (QED) is 0.284. The lowest BCUT2D eigenvalue weighted by molar-refractivity contribution is -0.118. The lowest BCUT2D eigenvalue weighted by Crippen LogP contribution is -2.36. The van der Waals surface area contributed by atoms with E-state index in [1.165, 1.54) is 31.5 Å². The van der Waals surface area contributed by atoms with Crippen LogP contribution in [-0.2, 0) is 26.0 Å². The van der Waals surface area contributed by atoms with E-state index in [0.717, 1.165) is 16.3 Å². The lowest BCUT2D eigenvalue weighted by Gasteiger charge is -2.29. The number of nitrogens with zero attached hydrogens (tertiary/aromatic N) is 2. The first-order chi connectivity index (χ1) is 20.8. The largest absolute Gasteiger partial charge is 0.305 e. The van der Waals surface area contributed by atoms with Gasteiger partial charge in [-0.15, -0.1) is 0 Å². The van der Waals surface area contributed by atoms with Gasteiger partial charge in [-0.2, -0.15) is 0 Å². The van der Waals surface area contributed by atoms with Crippen molar-refractivity contribution in [2.75, 3.05) is 12.4 Å². The number of aromatic nitrogens is 1. The van der Waals surface area contributed by atoms with Gasteiger partial charge in [0.15, 0.2) is 0 Å². The lowest BCUT2D eigenvalue weighted by atomic mass is 9.95. The number of carbonyl (C=O) groups is 2.